The standard InChI is InChI=1S/C32H52N6O4S/c1-8-9-13-32(35(4)5)14-18-37(19-15-32)21-20-36(6)31-33-16-12-29(34-31)42-24-27-11-10-17-38(27)43(39,40)30-25(2)22-28(41-7)23-26(30)3/h12,16,22-23,27H,8-11,13-15,17-21,24H2,1-7H3/t27-/m0/s1. The van der Waals surface area contributed by atoms with Crippen molar-refractivity contribution < 1.29 is 17.9 Å². The van der Waals surface area contributed by atoms with Crippen LogP contribution in [0.3, 0.4) is 0 Å². The van der Waals surface area contributed by atoms with E-state index in [4.69, 9.17) is 9.47 Å². The second-order valence-electron chi connectivity index (χ2n) is 12.5. The minimum atomic E-state index is -3.69. The molecule has 1 atom stereocenters. The summed E-state index contributed by atoms with van der Waals surface area (Å²) >= 11 is 0. The Morgan fingerprint density at radius 2 is 1.79 bits per heavy atom. The van der Waals surface area contributed by atoms with Crippen molar-refractivity contribution in [1.82, 2.24) is 24.1 Å². The predicted molar refractivity (Wildman–Crippen MR) is 172 cm³/mol. The van der Waals surface area contributed by atoms with Crippen molar-refractivity contribution in [3.63, 3.8) is 0 Å². The molecule has 0 unspecified atom stereocenters. The van der Waals surface area contributed by atoms with Crippen LogP contribution in [0, 0.1) is 13.8 Å². The highest BCUT2D eigenvalue weighted by Crippen LogP contribution is 2.33. The maximum Gasteiger partial charge on any atom is 0.243 e. The Morgan fingerprint density at radius 3 is 2.42 bits per heavy atom. The van der Waals surface area contributed by atoms with Gasteiger partial charge in [0.2, 0.25) is 21.9 Å². The minimum absolute atomic E-state index is 0.243. The van der Waals surface area contributed by atoms with Gasteiger partial charge in [0.1, 0.15) is 12.4 Å². The summed E-state index contributed by atoms with van der Waals surface area (Å²) in [6.07, 6.45) is 9.46. The lowest BCUT2D eigenvalue weighted by Crippen LogP contribution is -2.53. The number of sulfonamides is 1. The first-order valence-electron chi connectivity index (χ1n) is 15.7. The van der Waals surface area contributed by atoms with Gasteiger partial charge in [-0.3, -0.25) is 0 Å². The molecule has 0 radical (unpaired) electrons. The number of hydrogen-bond donors (Lipinski definition) is 0. The Hall–Kier alpha value is -2.47. The van der Waals surface area contributed by atoms with Crippen LogP contribution in [-0.4, -0.2) is 112 Å². The topological polar surface area (TPSA) is 91.3 Å². The van der Waals surface area contributed by atoms with Crippen molar-refractivity contribution >= 4 is 16.0 Å². The van der Waals surface area contributed by atoms with Gasteiger partial charge < -0.3 is 24.2 Å². The zero-order chi connectivity index (χ0) is 31.2. The van der Waals surface area contributed by atoms with Crippen molar-refractivity contribution in [1.29, 1.82) is 0 Å². The van der Waals surface area contributed by atoms with Crippen molar-refractivity contribution in [2.75, 3.05) is 72.5 Å². The Kier molecular flexibility index (Phi) is 11.3. The average molecular weight is 617 g/mol. The third-order valence-electron chi connectivity index (χ3n) is 9.42. The number of aryl methyl sites for hydroxylation is 2. The van der Waals surface area contributed by atoms with Crippen molar-refractivity contribution in [2.45, 2.75) is 82.2 Å². The van der Waals surface area contributed by atoms with Crippen LogP contribution in [0.15, 0.2) is 29.3 Å². The molecular formula is C32H52N6O4S. The lowest BCUT2D eigenvalue weighted by Gasteiger charge is -2.46. The van der Waals surface area contributed by atoms with E-state index in [-0.39, 0.29) is 12.6 Å². The summed E-state index contributed by atoms with van der Waals surface area (Å²) in [5.41, 5.74) is 1.70. The van der Waals surface area contributed by atoms with Gasteiger partial charge in [0.05, 0.1) is 18.0 Å². The summed E-state index contributed by atoms with van der Waals surface area (Å²) in [6.45, 7) is 10.6. The first-order chi connectivity index (χ1) is 20.5. The van der Waals surface area contributed by atoms with Gasteiger partial charge in [-0.05, 0) is 96.4 Å². The molecule has 10 nitrogen and oxygen atoms in total. The number of unbranched alkanes of at least 4 members (excludes halogenated alkanes) is 1. The number of hydrogen-bond acceptors (Lipinski definition) is 9. The third-order valence-corrected chi connectivity index (χ3v) is 11.7. The second-order valence-corrected chi connectivity index (χ2v) is 14.3. The maximum absolute atomic E-state index is 13.7. The number of nitrogens with zero attached hydrogens (tertiary/aromatic N) is 6. The largest absolute Gasteiger partial charge is 0.497 e. The van der Waals surface area contributed by atoms with Crippen LogP contribution in [0.25, 0.3) is 0 Å². The Morgan fingerprint density at radius 1 is 1.09 bits per heavy atom. The molecular weight excluding hydrogens is 564 g/mol. The maximum atomic E-state index is 13.7. The molecule has 2 saturated heterocycles. The molecule has 0 saturated carbocycles. The molecule has 0 spiro atoms. The van der Waals surface area contributed by atoms with E-state index < -0.39 is 10.0 Å². The van der Waals surface area contributed by atoms with Gasteiger partial charge in [-0.25, -0.2) is 13.4 Å². The van der Waals surface area contributed by atoms with E-state index in [2.05, 4.69) is 45.7 Å². The van der Waals surface area contributed by atoms with E-state index in [1.165, 1.54) is 32.1 Å². The number of likely N-dealkylation sites (tertiary alicyclic amines) is 1. The van der Waals surface area contributed by atoms with Crippen molar-refractivity contribution in [2.24, 2.45) is 0 Å². The van der Waals surface area contributed by atoms with Crippen LogP contribution in [0.5, 0.6) is 11.6 Å². The molecule has 1 aromatic heterocycles. The molecule has 0 N–H and O–H groups in total. The quantitative estimate of drug-likeness (QED) is 0.307. The van der Waals surface area contributed by atoms with Gasteiger partial charge in [-0.1, -0.05) is 19.8 Å². The fourth-order valence-corrected chi connectivity index (χ4v) is 8.73. The van der Waals surface area contributed by atoms with E-state index >= 15 is 0 Å². The monoisotopic (exact) mass is 616 g/mol. The Bertz CT molecular complexity index is 1290. The number of piperidine rings is 1. The number of benzene rings is 1. The molecule has 2 aromatic rings. The van der Waals surface area contributed by atoms with E-state index in [1.807, 2.05) is 20.9 Å². The molecule has 0 amide bonds. The summed E-state index contributed by atoms with van der Waals surface area (Å²) in [6, 6.07) is 5.03. The zero-order valence-corrected chi connectivity index (χ0v) is 28.1. The molecule has 43 heavy (non-hydrogen) atoms. The summed E-state index contributed by atoms with van der Waals surface area (Å²) in [7, 11) is 4.38. The number of aromatic nitrogens is 2. The van der Waals surface area contributed by atoms with E-state index in [9.17, 15) is 8.42 Å². The van der Waals surface area contributed by atoms with Crippen LogP contribution < -0.4 is 14.4 Å². The highest BCUT2D eigenvalue weighted by Gasteiger charge is 2.38. The molecule has 11 heteroatoms. The average Bonchev–Trinajstić information content (AvgIpc) is 3.47. The predicted octanol–water partition coefficient (Wildman–Crippen LogP) is 4.36. The molecule has 4 rings (SSSR count). The van der Waals surface area contributed by atoms with Crippen LogP contribution in [0.2, 0.25) is 0 Å². The van der Waals surface area contributed by atoms with Gasteiger partial charge in [0, 0.05) is 44.5 Å². The van der Waals surface area contributed by atoms with E-state index in [0.717, 1.165) is 39.0 Å². The molecule has 2 aliphatic heterocycles. The lowest BCUT2D eigenvalue weighted by atomic mass is 9.82. The van der Waals surface area contributed by atoms with Crippen LogP contribution in [0.4, 0.5) is 5.95 Å². The number of methoxy groups -OCH3 is 1. The second kappa shape index (κ2) is 14.5. The van der Waals surface area contributed by atoms with Gasteiger partial charge in [-0.15, -0.1) is 0 Å². The number of rotatable bonds is 14. The van der Waals surface area contributed by atoms with Gasteiger partial charge in [0.25, 0.3) is 0 Å². The molecule has 2 fully saturated rings. The molecule has 0 bridgehead atoms. The van der Waals surface area contributed by atoms with Gasteiger partial charge >= 0.3 is 0 Å². The normalized spacial score (nSPS) is 19.6. The summed E-state index contributed by atoms with van der Waals surface area (Å²) < 4.78 is 40.5. The first-order valence-corrected chi connectivity index (χ1v) is 17.2. The number of ether oxygens (including phenoxy) is 2. The fourth-order valence-electron chi connectivity index (χ4n) is 6.63. The molecule has 0 aliphatic carbocycles. The highest BCUT2D eigenvalue weighted by atomic mass is 32.2. The molecule has 3 heterocycles. The smallest absolute Gasteiger partial charge is 0.243 e. The summed E-state index contributed by atoms with van der Waals surface area (Å²) in [5.74, 6) is 1.73. The Balaban J connectivity index is 1.32. The summed E-state index contributed by atoms with van der Waals surface area (Å²) in [4.78, 5) is 16.6. The van der Waals surface area contributed by atoms with Crippen molar-refractivity contribution in [3.8, 4) is 11.6 Å². The first kappa shape index (κ1) is 33.4. The fraction of sp³-hybridized carbons (Fsp3) is 0.688. The van der Waals surface area contributed by atoms with E-state index in [0.29, 0.717) is 45.7 Å². The minimum Gasteiger partial charge on any atom is -0.497 e. The van der Waals surface area contributed by atoms with Gasteiger partial charge in [0.15, 0.2) is 0 Å². The highest BCUT2D eigenvalue weighted by molar-refractivity contribution is 7.89. The SMILES string of the molecule is CCCCC1(N(C)C)CCN(CCN(C)c2nccc(OC[C@@H]3CCCN3S(=O)(=O)c3c(C)cc(OC)cc3C)n2)CC1. The number of likely N-dealkylation sites (N-methyl/N-ethyl adjacent to an activating group) is 1. The van der Waals surface area contributed by atoms with Crippen LogP contribution in [0.1, 0.15) is 63.0 Å². The van der Waals surface area contributed by atoms with Crippen LogP contribution in [-0.2, 0) is 10.0 Å². The van der Waals surface area contributed by atoms with Crippen LogP contribution >= 0.6 is 0 Å². The third kappa shape index (κ3) is 7.79. The number of anilines is 1. The molecule has 240 valence electrons. The lowest BCUT2D eigenvalue weighted by molar-refractivity contribution is 0.0484. The van der Waals surface area contributed by atoms with E-state index in [1.54, 1.807) is 35.8 Å². The molecule has 1 aromatic carbocycles. The zero-order valence-electron chi connectivity index (χ0n) is 27.3. The Labute approximate surface area is 259 Å². The summed E-state index contributed by atoms with van der Waals surface area (Å²) in [5, 5.41) is 0. The van der Waals surface area contributed by atoms with Gasteiger partial charge in [-0.2, -0.15) is 9.29 Å². The van der Waals surface area contributed by atoms with Crippen molar-refractivity contribution in [3.05, 3.63) is 35.5 Å². The molecule has 2 aliphatic rings.